The molecule has 0 fully saturated rings. The van der Waals surface area contributed by atoms with Crippen LogP contribution in [0.5, 0.6) is 0 Å². The second kappa shape index (κ2) is 4.14. The molecule has 0 radical (unpaired) electrons. The van der Waals surface area contributed by atoms with Gasteiger partial charge in [-0.2, -0.15) is 0 Å². The lowest BCUT2D eigenvalue weighted by Crippen LogP contribution is -2.21. The Hall–Kier alpha value is -0.800. The first-order valence-corrected chi connectivity index (χ1v) is 6.98. The highest BCUT2D eigenvalue weighted by atomic mass is 79.9. The number of aryl methyl sites for hydroxylation is 2. The second-order valence-electron chi connectivity index (χ2n) is 4.90. The monoisotopic (exact) mass is 292 g/mol. The van der Waals surface area contributed by atoms with Gasteiger partial charge in [0.05, 0.1) is 0 Å². The molecule has 0 amide bonds. The highest BCUT2D eigenvalue weighted by Gasteiger charge is 2.23. The summed E-state index contributed by atoms with van der Waals surface area (Å²) in [5.41, 5.74) is 5.53. The van der Waals surface area contributed by atoms with E-state index in [0.717, 1.165) is 0 Å². The molecule has 1 atom stereocenters. The fraction of sp³-hybridized carbons (Fsp3) is 0.429. The minimum atomic E-state index is 0.490. The van der Waals surface area contributed by atoms with E-state index in [1.54, 1.807) is 0 Å². The number of aromatic nitrogens is 1. The number of H-pyrrole nitrogens is 1. The van der Waals surface area contributed by atoms with Crippen LogP contribution in [0.1, 0.15) is 35.7 Å². The minimum Gasteiger partial charge on any atom is -0.357 e. The SMILES string of the molecule is CNC1CCCc2c1[nH]c1c(C)cc(Br)cc21. The van der Waals surface area contributed by atoms with Crippen molar-refractivity contribution in [2.24, 2.45) is 0 Å². The summed E-state index contributed by atoms with van der Waals surface area (Å²) in [7, 11) is 2.05. The first kappa shape index (κ1) is 11.3. The molecule has 1 aromatic carbocycles. The molecular weight excluding hydrogens is 276 g/mol. The van der Waals surface area contributed by atoms with Crippen LogP contribution < -0.4 is 5.32 Å². The number of halogens is 1. The topological polar surface area (TPSA) is 27.8 Å². The van der Waals surface area contributed by atoms with E-state index in [-0.39, 0.29) is 0 Å². The predicted molar refractivity (Wildman–Crippen MR) is 75.5 cm³/mol. The van der Waals surface area contributed by atoms with Crippen molar-refractivity contribution in [1.82, 2.24) is 10.3 Å². The third-order valence-electron chi connectivity index (χ3n) is 3.83. The summed E-state index contributed by atoms with van der Waals surface area (Å²) in [4.78, 5) is 3.63. The average Bonchev–Trinajstić information content (AvgIpc) is 2.68. The fourth-order valence-electron chi connectivity index (χ4n) is 2.99. The van der Waals surface area contributed by atoms with Crippen LogP contribution in [0.4, 0.5) is 0 Å². The van der Waals surface area contributed by atoms with Crippen molar-refractivity contribution in [3.63, 3.8) is 0 Å². The molecule has 2 aromatic rings. The average molecular weight is 293 g/mol. The van der Waals surface area contributed by atoms with Gasteiger partial charge < -0.3 is 10.3 Å². The maximum Gasteiger partial charge on any atom is 0.0489 e. The van der Waals surface area contributed by atoms with E-state index < -0.39 is 0 Å². The first-order valence-electron chi connectivity index (χ1n) is 6.18. The van der Waals surface area contributed by atoms with Crippen LogP contribution in [0, 0.1) is 6.92 Å². The second-order valence-corrected chi connectivity index (χ2v) is 5.81. The fourth-order valence-corrected chi connectivity index (χ4v) is 3.56. The summed E-state index contributed by atoms with van der Waals surface area (Å²) >= 11 is 3.60. The molecular formula is C14H17BrN2. The molecule has 1 unspecified atom stereocenters. The van der Waals surface area contributed by atoms with Crippen LogP contribution in [0.3, 0.4) is 0 Å². The predicted octanol–water partition coefficient (Wildman–Crippen LogP) is 3.84. The van der Waals surface area contributed by atoms with E-state index in [2.05, 4.69) is 45.3 Å². The van der Waals surface area contributed by atoms with Crippen LogP contribution in [0.2, 0.25) is 0 Å². The summed E-state index contributed by atoms with van der Waals surface area (Å²) in [5.74, 6) is 0. The number of hydrogen-bond donors (Lipinski definition) is 2. The Labute approximate surface area is 110 Å². The van der Waals surface area contributed by atoms with Crippen molar-refractivity contribution in [3.05, 3.63) is 33.4 Å². The van der Waals surface area contributed by atoms with Gasteiger partial charge in [0.15, 0.2) is 0 Å². The normalized spacial score (nSPS) is 19.6. The molecule has 0 spiro atoms. The Bertz CT molecular complexity index is 571. The smallest absolute Gasteiger partial charge is 0.0489 e. The molecule has 0 aliphatic heterocycles. The number of fused-ring (bicyclic) bond motifs is 3. The third-order valence-corrected chi connectivity index (χ3v) is 4.28. The summed E-state index contributed by atoms with van der Waals surface area (Å²) in [5, 5.41) is 4.81. The van der Waals surface area contributed by atoms with E-state index in [0.29, 0.717) is 6.04 Å². The van der Waals surface area contributed by atoms with E-state index in [9.17, 15) is 0 Å². The maximum absolute atomic E-state index is 3.63. The zero-order valence-corrected chi connectivity index (χ0v) is 11.8. The molecule has 1 aromatic heterocycles. The zero-order chi connectivity index (χ0) is 12.0. The number of nitrogens with one attached hydrogen (secondary N) is 2. The summed E-state index contributed by atoms with van der Waals surface area (Å²) in [6.07, 6.45) is 3.71. The van der Waals surface area contributed by atoms with Gasteiger partial charge in [-0.05, 0) is 56.5 Å². The highest BCUT2D eigenvalue weighted by Crippen LogP contribution is 2.36. The van der Waals surface area contributed by atoms with Crippen LogP contribution in [0.25, 0.3) is 10.9 Å². The largest absolute Gasteiger partial charge is 0.357 e. The Morgan fingerprint density at radius 1 is 1.41 bits per heavy atom. The van der Waals surface area contributed by atoms with Gasteiger partial charge in [-0.1, -0.05) is 15.9 Å². The number of aromatic amines is 1. The maximum atomic E-state index is 3.63. The zero-order valence-electron chi connectivity index (χ0n) is 10.2. The van der Waals surface area contributed by atoms with Crippen LogP contribution in [0.15, 0.2) is 16.6 Å². The Kier molecular flexibility index (Phi) is 2.75. The van der Waals surface area contributed by atoms with E-state index in [4.69, 9.17) is 0 Å². The van der Waals surface area contributed by atoms with Crippen LogP contribution in [-0.4, -0.2) is 12.0 Å². The van der Waals surface area contributed by atoms with Crippen molar-refractivity contribution in [2.45, 2.75) is 32.2 Å². The summed E-state index contributed by atoms with van der Waals surface area (Å²) in [6, 6.07) is 4.92. The molecule has 90 valence electrons. The lowest BCUT2D eigenvalue weighted by molar-refractivity contribution is 0.489. The molecule has 3 heteroatoms. The molecule has 1 heterocycles. The van der Waals surface area contributed by atoms with Gasteiger partial charge in [0.25, 0.3) is 0 Å². The molecule has 3 rings (SSSR count). The lowest BCUT2D eigenvalue weighted by Gasteiger charge is -2.21. The number of hydrogen-bond acceptors (Lipinski definition) is 1. The Balaban J connectivity index is 2.30. The standard InChI is InChI=1S/C14H17BrN2/c1-8-6-9(15)7-11-10-4-3-5-12(16-2)14(10)17-13(8)11/h6-7,12,16-17H,3-5H2,1-2H3. The van der Waals surface area contributed by atoms with E-state index in [1.807, 2.05) is 7.05 Å². The summed E-state index contributed by atoms with van der Waals surface area (Å²) in [6.45, 7) is 2.17. The summed E-state index contributed by atoms with van der Waals surface area (Å²) < 4.78 is 1.18. The molecule has 0 saturated heterocycles. The lowest BCUT2D eigenvalue weighted by atomic mass is 9.91. The van der Waals surface area contributed by atoms with Gasteiger partial charge >= 0.3 is 0 Å². The van der Waals surface area contributed by atoms with Crippen molar-refractivity contribution in [2.75, 3.05) is 7.05 Å². The third kappa shape index (κ3) is 1.72. The van der Waals surface area contributed by atoms with Crippen molar-refractivity contribution < 1.29 is 0 Å². The van der Waals surface area contributed by atoms with Gasteiger partial charge in [-0.25, -0.2) is 0 Å². The van der Waals surface area contributed by atoms with E-state index in [1.165, 1.54) is 51.5 Å². The molecule has 1 aliphatic carbocycles. The van der Waals surface area contributed by atoms with Gasteiger partial charge in [0.1, 0.15) is 0 Å². The van der Waals surface area contributed by atoms with Crippen LogP contribution in [-0.2, 0) is 6.42 Å². The quantitative estimate of drug-likeness (QED) is 0.821. The first-order chi connectivity index (χ1) is 8.20. The van der Waals surface area contributed by atoms with Gasteiger partial charge in [0.2, 0.25) is 0 Å². The molecule has 0 saturated carbocycles. The number of benzene rings is 1. The minimum absolute atomic E-state index is 0.490. The Morgan fingerprint density at radius 3 is 3.00 bits per heavy atom. The molecule has 17 heavy (non-hydrogen) atoms. The highest BCUT2D eigenvalue weighted by molar-refractivity contribution is 9.10. The van der Waals surface area contributed by atoms with Crippen molar-refractivity contribution >= 4 is 26.8 Å². The van der Waals surface area contributed by atoms with Gasteiger partial charge in [-0.15, -0.1) is 0 Å². The van der Waals surface area contributed by atoms with Gasteiger partial charge in [-0.3, -0.25) is 0 Å². The van der Waals surface area contributed by atoms with Crippen molar-refractivity contribution in [1.29, 1.82) is 0 Å². The molecule has 1 aliphatic rings. The molecule has 0 bridgehead atoms. The van der Waals surface area contributed by atoms with E-state index >= 15 is 0 Å². The van der Waals surface area contributed by atoms with Gasteiger partial charge in [0, 0.05) is 27.1 Å². The Morgan fingerprint density at radius 2 is 2.24 bits per heavy atom. The number of rotatable bonds is 1. The van der Waals surface area contributed by atoms with Crippen molar-refractivity contribution in [3.8, 4) is 0 Å². The molecule has 2 nitrogen and oxygen atoms in total. The molecule has 2 N–H and O–H groups in total. The van der Waals surface area contributed by atoms with Crippen LogP contribution >= 0.6 is 15.9 Å².